The Hall–Kier alpha value is -1.01. The van der Waals surface area contributed by atoms with Crippen molar-refractivity contribution in [3.8, 4) is 0 Å². The topological polar surface area (TPSA) is 64.1 Å². The van der Waals surface area contributed by atoms with Crippen LogP contribution in [0.2, 0.25) is 0 Å². The van der Waals surface area contributed by atoms with Crippen LogP contribution in [-0.4, -0.2) is 23.2 Å². The SMILES string of the molecule is CCCCCCCCCCCC(=O)NCc1nnc(COC)s1. The van der Waals surface area contributed by atoms with Crippen molar-refractivity contribution in [1.29, 1.82) is 0 Å². The molecule has 1 N–H and O–H groups in total. The normalized spacial score (nSPS) is 10.9. The lowest BCUT2D eigenvalue weighted by Gasteiger charge is -2.03. The van der Waals surface area contributed by atoms with Gasteiger partial charge in [-0.15, -0.1) is 10.2 Å². The highest BCUT2D eigenvalue weighted by Gasteiger charge is 2.06. The third-order valence-corrected chi connectivity index (χ3v) is 4.62. The zero-order chi connectivity index (χ0) is 16.8. The summed E-state index contributed by atoms with van der Waals surface area (Å²) in [4.78, 5) is 11.8. The molecule has 0 bridgehead atoms. The molecule has 23 heavy (non-hydrogen) atoms. The van der Waals surface area contributed by atoms with Crippen molar-refractivity contribution in [2.45, 2.75) is 84.3 Å². The van der Waals surface area contributed by atoms with Gasteiger partial charge in [0.05, 0.1) is 13.2 Å². The first-order valence-corrected chi connectivity index (χ1v) is 9.64. The number of unbranched alkanes of at least 4 members (excludes halogenated alkanes) is 8. The molecule has 0 aliphatic rings. The number of aromatic nitrogens is 2. The van der Waals surface area contributed by atoms with Crippen LogP contribution < -0.4 is 5.32 Å². The maximum atomic E-state index is 11.8. The molecule has 0 radical (unpaired) electrons. The molecule has 0 unspecified atom stereocenters. The number of methoxy groups -OCH3 is 1. The van der Waals surface area contributed by atoms with Crippen LogP contribution in [0.25, 0.3) is 0 Å². The summed E-state index contributed by atoms with van der Waals surface area (Å²) >= 11 is 1.48. The van der Waals surface area contributed by atoms with Crippen LogP contribution in [-0.2, 0) is 22.7 Å². The summed E-state index contributed by atoms with van der Waals surface area (Å²) < 4.78 is 5.00. The van der Waals surface area contributed by atoms with E-state index in [0.717, 1.165) is 22.9 Å². The first kappa shape index (κ1) is 20.0. The Morgan fingerprint density at radius 3 is 2.26 bits per heavy atom. The fourth-order valence-electron chi connectivity index (χ4n) is 2.40. The lowest BCUT2D eigenvalue weighted by atomic mass is 10.1. The van der Waals surface area contributed by atoms with Gasteiger partial charge in [-0.2, -0.15) is 0 Å². The minimum atomic E-state index is 0.108. The van der Waals surface area contributed by atoms with Crippen LogP contribution in [0.3, 0.4) is 0 Å². The van der Waals surface area contributed by atoms with Gasteiger partial charge in [0.1, 0.15) is 10.0 Å². The molecular formula is C17H31N3O2S. The van der Waals surface area contributed by atoms with Gasteiger partial charge in [-0.25, -0.2) is 0 Å². The Balaban J connectivity index is 1.95. The summed E-state index contributed by atoms with van der Waals surface area (Å²) in [6.45, 7) is 3.19. The minimum Gasteiger partial charge on any atom is -0.377 e. The zero-order valence-corrected chi connectivity index (χ0v) is 15.4. The maximum absolute atomic E-state index is 11.8. The smallest absolute Gasteiger partial charge is 0.220 e. The van der Waals surface area contributed by atoms with E-state index in [-0.39, 0.29) is 5.91 Å². The van der Waals surface area contributed by atoms with Crippen molar-refractivity contribution in [3.63, 3.8) is 0 Å². The predicted molar refractivity (Wildman–Crippen MR) is 94.3 cm³/mol. The van der Waals surface area contributed by atoms with Gasteiger partial charge >= 0.3 is 0 Å². The third kappa shape index (κ3) is 10.4. The van der Waals surface area contributed by atoms with Gasteiger partial charge in [-0.1, -0.05) is 69.6 Å². The van der Waals surface area contributed by atoms with E-state index < -0.39 is 0 Å². The molecule has 1 aromatic heterocycles. The lowest BCUT2D eigenvalue weighted by molar-refractivity contribution is -0.121. The highest BCUT2D eigenvalue weighted by Crippen LogP contribution is 2.11. The predicted octanol–water partition coefficient (Wildman–Crippen LogP) is 4.22. The average molecular weight is 342 g/mol. The van der Waals surface area contributed by atoms with E-state index in [4.69, 9.17) is 4.74 Å². The Morgan fingerprint density at radius 2 is 1.61 bits per heavy atom. The molecule has 0 saturated carbocycles. The molecule has 0 aromatic carbocycles. The molecule has 1 rings (SSSR count). The number of ether oxygens (including phenoxy) is 1. The van der Waals surface area contributed by atoms with Crippen molar-refractivity contribution in [2.24, 2.45) is 0 Å². The quantitative estimate of drug-likeness (QED) is 0.515. The van der Waals surface area contributed by atoms with Crippen LogP contribution in [0.4, 0.5) is 0 Å². The number of nitrogens with zero attached hydrogens (tertiary/aromatic N) is 2. The van der Waals surface area contributed by atoms with Crippen LogP contribution in [0, 0.1) is 0 Å². The van der Waals surface area contributed by atoms with E-state index in [9.17, 15) is 4.79 Å². The lowest BCUT2D eigenvalue weighted by Crippen LogP contribution is -2.22. The summed E-state index contributed by atoms with van der Waals surface area (Å²) in [6.07, 6.45) is 12.0. The number of nitrogens with one attached hydrogen (secondary N) is 1. The van der Waals surface area contributed by atoms with Gasteiger partial charge in [0.2, 0.25) is 5.91 Å². The van der Waals surface area contributed by atoms with Gasteiger partial charge in [-0.05, 0) is 6.42 Å². The molecule has 0 fully saturated rings. The van der Waals surface area contributed by atoms with Crippen molar-refractivity contribution >= 4 is 17.2 Å². The Morgan fingerprint density at radius 1 is 1.00 bits per heavy atom. The molecule has 1 amide bonds. The molecule has 5 nitrogen and oxygen atoms in total. The molecule has 0 aliphatic carbocycles. The van der Waals surface area contributed by atoms with E-state index in [1.807, 2.05) is 0 Å². The molecule has 6 heteroatoms. The van der Waals surface area contributed by atoms with Gasteiger partial charge in [-0.3, -0.25) is 4.79 Å². The number of carbonyl (C=O) groups excluding carboxylic acids is 1. The molecule has 0 saturated heterocycles. The van der Waals surface area contributed by atoms with Gasteiger partial charge < -0.3 is 10.1 Å². The average Bonchev–Trinajstić information content (AvgIpc) is 2.99. The Kier molecular flexibility index (Phi) is 11.7. The highest BCUT2D eigenvalue weighted by atomic mass is 32.1. The first-order valence-electron chi connectivity index (χ1n) is 8.83. The number of hydrogen-bond donors (Lipinski definition) is 1. The second-order valence-corrected chi connectivity index (χ2v) is 7.02. The van der Waals surface area contributed by atoms with Crippen LogP contribution >= 0.6 is 11.3 Å². The summed E-state index contributed by atoms with van der Waals surface area (Å²) in [5, 5.41) is 12.6. The molecular weight excluding hydrogens is 310 g/mol. The number of carbonyl (C=O) groups is 1. The van der Waals surface area contributed by atoms with Crippen molar-refractivity contribution in [2.75, 3.05) is 7.11 Å². The van der Waals surface area contributed by atoms with Gasteiger partial charge in [0, 0.05) is 13.5 Å². The molecule has 0 aliphatic heterocycles. The monoisotopic (exact) mass is 341 g/mol. The van der Waals surface area contributed by atoms with E-state index in [1.54, 1.807) is 7.11 Å². The second kappa shape index (κ2) is 13.4. The standard InChI is InChI=1S/C17H31N3O2S/c1-3-4-5-6-7-8-9-10-11-12-15(21)18-13-16-19-20-17(23-16)14-22-2/h3-14H2,1-2H3,(H,18,21). The Bertz CT molecular complexity index is 424. The third-order valence-electron chi connectivity index (χ3n) is 3.72. The van der Waals surface area contributed by atoms with Crippen LogP contribution in [0.5, 0.6) is 0 Å². The van der Waals surface area contributed by atoms with Crippen LogP contribution in [0.15, 0.2) is 0 Å². The number of hydrogen-bond acceptors (Lipinski definition) is 5. The van der Waals surface area contributed by atoms with E-state index >= 15 is 0 Å². The summed E-state index contributed by atoms with van der Waals surface area (Å²) in [5.41, 5.74) is 0. The molecule has 0 spiro atoms. The fraction of sp³-hybridized carbons (Fsp3) is 0.824. The van der Waals surface area contributed by atoms with Gasteiger partial charge in [0.25, 0.3) is 0 Å². The zero-order valence-electron chi connectivity index (χ0n) is 14.6. The molecule has 0 atom stereocenters. The minimum absolute atomic E-state index is 0.108. The molecule has 132 valence electrons. The van der Waals surface area contributed by atoms with E-state index in [0.29, 0.717) is 19.6 Å². The fourth-order valence-corrected chi connectivity index (χ4v) is 3.16. The van der Waals surface area contributed by atoms with E-state index in [1.165, 1.54) is 56.3 Å². The number of rotatable bonds is 14. The number of amides is 1. The molecule has 1 heterocycles. The van der Waals surface area contributed by atoms with Crippen molar-refractivity contribution in [3.05, 3.63) is 10.0 Å². The summed E-state index contributed by atoms with van der Waals surface area (Å²) in [5.74, 6) is 0.108. The summed E-state index contributed by atoms with van der Waals surface area (Å²) in [6, 6.07) is 0. The first-order chi connectivity index (χ1) is 11.3. The second-order valence-electron chi connectivity index (χ2n) is 5.88. The van der Waals surface area contributed by atoms with E-state index in [2.05, 4.69) is 22.4 Å². The highest BCUT2D eigenvalue weighted by molar-refractivity contribution is 7.11. The maximum Gasteiger partial charge on any atom is 0.220 e. The van der Waals surface area contributed by atoms with Crippen LogP contribution in [0.1, 0.15) is 81.1 Å². The largest absolute Gasteiger partial charge is 0.377 e. The molecule has 1 aromatic rings. The Labute approximate surface area is 144 Å². The van der Waals surface area contributed by atoms with Crippen molar-refractivity contribution < 1.29 is 9.53 Å². The van der Waals surface area contributed by atoms with Gasteiger partial charge in [0.15, 0.2) is 0 Å². The summed E-state index contributed by atoms with van der Waals surface area (Å²) in [7, 11) is 1.63. The van der Waals surface area contributed by atoms with Crippen molar-refractivity contribution in [1.82, 2.24) is 15.5 Å².